The quantitative estimate of drug-likeness (QED) is 0.177. The van der Waals surface area contributed by atoms with Crippen LogP contribution in [0.25, 0.3) is 0 Å². The van der Waals surface area contributed by atoms with Crippen molar-refractivity contribution in [3.05, 3.63) is 71.3 Å². The molecule has 5 fully saturated rings. The van der Waals surface area contributed by atoms with Crippen LogP contribution in [0.4, 0.5) is 4.39 Å². The van der Waals surface area contributed by atoms with Gasteiger partial charge in [0.1, 0.15) is 23.1 Å². The molecule has 0 radical (unpaired) electrons. The molecule has 1 aromatic rings. The maximum atomic E-state index is 14.8. The summed E-state index contributed by atoms with van der Waals surface area (Å²) in [6, 6.07) is 9.68. The monoisotopic (exact) mass is 845 g/mol. The molecule has 1 N–H and O–H groups in total. The number of nitrogens with one attached hydrogen (secondary N) is 1. The van der Waals surface area contributed by atoms with Crippen molar-refractivity contribution >= 4 is 15.8 Å². The molecule has 8 rings (SSSR count). The Labute approximate surface area is 362 Å². The number of nitrogens with zero attached hydrogens (tertiary/aromatic N) is 1. The third-order valence-electron chi connectivity index (χ3n) is 19.5. The van der Waals surface area contributed by atoms with Crippen molar-refractivity contribution in [1.29, 1.82) is 0 Å². The molecule has 1 aliphatic heterocycles. The second kappa shape index (κ2) is 16.1. The summed E-state index contributed by atoms with van der Waals surface area (Å²) in [6.45, 7) is 23.2. The van der Waals surface area contributed by atoms with Gasteiger partial charge >= 0.3 is 5.97 Å². The Morgan fingerprint density at radius 1 is 0.883 bits per heavy atom. The van der Waals surface area contributed by atoms with Gasteiger partial charge in [-0.05, 0) is 178 Å². The second-order valence-electron chi connectivity index (χ2n) is 22.6. The van der Waals surface area contributed by atoms with Crippen LogP contribution in [0.5, 0.6) is 0 Å². The Morgan fingerprint density at radius 3 is 2.27 bits per heavy atom. The van der Waals surface area contributed by atoms with Gasteiger partial charge in [-0.15, -0.1) is 0 Å². The van der Waals surface area contributed by atoms with E-state index in [4.69, 9.17) is 4.74 Å². The highest BCUT2D eigenvalue weighted by atomic mass is 32.2. The first-order valence-electron chi connectivity index (χ1n) is 23.8. The predicted octanol–water partition coefficient (Wildman–Crippen LogP) is 10.8. The van der Waals surface area contributed by atoms with E-state index in [1.807, 2.05) is 30.3 Å². The van der Waals surface area contributed by atoms with Gasteiger partial charge in [0.2, 0.25) is 0 Å². The number of piperidine rings is 1. The number of alkyl halides is 1. The largest absolute Gasteiger partial charge is 0.460 e. The average molecular weight is 845 g/mol. The van der Waals surface area contributed by atoms with Crippen molar-refractivity contribution in [1.82, 2.24) is 10.2 Å². The van der Waals surface area contributed by atoms with E-state index >= 15 is 0 Å². The van der Waals surface area contributed by atoms with Crippen molar-refractivity contribution in [2.45, 2.75) is 149 Å². The molecule has 6 aliphatic carbocycles. The summed E-state index contributed by atoms with van der Waals surface area (Å²) < 4.78 is 44.9. The molecule has 0 amide bonds. The topological polar surface area (TPSA) is 75.7 Å². The van der Waals surface area contributed by atoms with E-state index in [0.717, 1.165) is 51.0 Å². The van der Waals surface area contributed by atoms with E-state index in [-0.39, 0.29) is 39.1 Å². The lowest BCUT2D eigenvalue weighted by Gasteiger charge is -2.72. The van der Waals surface area contributed by atoms with E-state index in [9.17, 15) is 17.6 Å². The fourth-order valence-electron chi connectivity index (χ4n) is 16.0. The lowest BCUT2D eigenvalue weighted by Crippen LogP contribution is -2.68. The number of fused-ring (bicyclic) bond motifs is 7. The number of sulfone groups is 1. The molecule has 7 aliphatic rings. The van der Waals surface area contributed by atoms with Crippen LogP contribution in [0.3, 0.4) is 0 Å². The molecule has 4 saturated carbocycles. The second-order valence-corrected chi connectivity index (χ2v) is 24.9. The molecule has 332 valence electrons. The summed E-state index contributed by atoms with van der Waals surface area (Å²) in [5.74, 6) is 2.64. The number of allylic oxidation sites excluding steroid dienone is 5. The van der Waals surface area contributed by atoms with Gasteiger partial charge in [0.15, 0.2) is 0 Å². The lowest BCUT2D eigenvalue weighted by atomic mass is 9.33. The highest BCUT2D eigenvalue weighted by Crippen LogP contribution is 2.76. The zero-order valence-electron chi connectivity index (χ0n) is 38.2. The first kappa shape index (κ1) is 44.3. The molecule has 60 heavy (non-hydrogen) atoms. The van der Waals surface area contributed by atoms with Crippen LogP contribution in [-0.4, -0.2) is 69.2 Å². The van der Waals surface area contributed by atoms with Gasteiger partial charge in [-0.1, -0.05) is 89.3 Å². The minimum Gasteiger partial charge on any atom is -0.460 e. The highest BCUT2D eigenvalue weighted by molar-refractivity contribution is 7.91. The van der Waals surface area contributed by atoms with Crippen molar-refractivity contribution in [2.24, 2.45) is 56.7 Å². The zero-order chi connectivity index (χ0) is 42.9. The zero-order valence-corrected chi connectivity index (χ0v) is 39.0. The van der Waals surface area contributed by atoms with Crippen LogP contribution >= 0.6 is 0 Å². The molecule has 0 bridgehead atoms. The molecule has 0 spiro atoms. The van der Waals surface area contributed by atoms with E-state index in [2.05, 4.69) is 70.5 Å². The predicted molar refractivity (Wildman–Crippen MR) is 242 cm³/mol. The van der Waals surface area contributed by atoms with Crippen LogP contribution in [0.2, 0.25) is 0 Å². The van der Waals surface area contributed by atoms with Crippen LogP contribution < -0.4 is 5.32 Å². The van der Waals surface area contributed by atoms with Gasteiger partial charge in [-0.2, -0.15) is 0 Å². The molecule has 8 heteroatoms. The van der Waals surface area contributed by atoms with Crippen molar-refractivity contribution < 1.29 is 22.3 Å². The molecule has 6 nitrogen and oxygen atoms in total. The number of ether oxygens (including phenoxy) is 1. The number of halogens is 1. The summed E-state index contributed by atoms with van der Waals surface area (Å²) in [5.41, 5.74) is 4.83. The minimum absolute atomic E-state index is 0.0103. The van der Waals surface area contributed by atoms with Gasteiger partial charge in [0, 0.05) is 24.9 Å². The third-order valence-corrected chi connectivity index (χ3v) is 21.2. The Morgan fingerprint density at radius 2 is 1.62 bits per heavy atom. The van der Waals surface area contributed by atoms with Crippen LogP contribution in [0.1, 0.15) is 137 Å². The summed E-state index contributed by atoms with van der Waals surface area (Å²) in [6.07, 6.45) is 20.5. The van der Waals surface area contributed by atoms with Crippen LogP contribution in [0.15, 0.2) is 65.8 Å². The molecular weight excluding hydrogens is 768 g/mol. The molecular formula is C52H77FN2O4S. The van der Waals surface area contributed by atoms with Crippen LogP contribution in [-0.2, 0) is 26.0 Å². The number of hydrogen-bond acceptors (Lipinski definition) is 6. The molecule has 10 atom stereocenters. The standard InChI is InChI=1S/C52H77FN2O4S/c1-36(2)40-18-27-52(54-30-33-55-31-21-39(22-32-55)60(8,57)58)29-28-49(6)42(45(40)52)14-15-44-48(5)23-19-41(47(3,4)43(48)20-24-50(44,49)7)38-16-25-51(35-53,26-17-38)46(56)59-34-37-12-10-9-11-13-37/h9-13,16,19,39-40,42-45,54H,1,14-15,17-18,20-35H2,2-8H3/t40-,42+,43?,44?,45+,48-,49+,50+,51+,52-/m0/s1. The normalized spacial score (nSPS) is 40.6. The first-order chi connectivity index (χ1) is 28.3. The molecule has 1 heterocycles. The highest BCUT2D eigenvalue weighted by Gasteiger charge is 2.70. The summed E-state index contributed by atoms with van der Waals surface area (Å²) >= 11 is 0. The third kappa shape index (κ3) is 7.24. The van der Waals surface area contributed by atoms with Gasteiger partial charge in [0.05, 0.1) is 10.7 Å². The molecule has 1 saturated heterocycles. The number of hydrogen-bond donors (Lipinski definition) is 1. The Hall–Kier alpha value is -2.29. The summed E-state index contributed by atoms with van der Waals surface area (Å²) in [4.78, 5) is 15.9. The van der Waals surface area contributed by atoms with Crippen molar-refractivity contribution in [3.63, 3.8) is 0 Å². The average Bonchev–Trinajstić information content (AvgIpc) is 3.60. The number of rotatable bonds is 11. The maximum absolute atomic E-state index is 14.8. The molecule has 0 aromatic heterocycles. The first-order valence-corrected chi connectivity index (χ1v) is 25.8. The van der Waals surface area contributed by atoms with Gasteiger partial charge in [-0.3, -0.25) is 4.79 Å². The number of esters is 1. The Kier molecular flexibility index (Phi) is 11.9. The number of carbonyl (C=O) groups excluding carboxylic acids is 1. The Bertz CT molecular complexity index is 1970. The fourth-order valence-corrected chi connectivity index (χ4v) is 17.1. The summed E-state index contributed by atoms with van der Waals surface area (Å²) in [7, 11) is -2.96. The van der Waals surface area contributed by atoms with Gasteiger partial charge < -0.3 is 15.0 Å². The number of carbonyl (C=O) groups is 1. The number of likely N-dealkylation sites (tertiary alicyclic amines) is 1. The van der Waals surface area contributed by atoms with E-state index in [0.29, 0.717) is 48.9 Å². The molecule has 1 aromatic carbocycles. The Balaban J connectivity index is 0.981. The summed E-state index contributed by atoms with van der Waals surface area (Å²) in [5, 5.41) is 4.09. The van der Waals surface area contributed by atoms with E-state index in [1.54, 1.807) is 0 Å². The van der Waals surface area contributed by atoms with Gasteiger partial charge in [0.25, 0.3) is 0 Å². The lowest BCUT2D eigenvalue weighted by molar-refractivity contribution is -0.221. The smallest absolute Gasteiger partial charge is 0.315 e. The maximum Gasteiger partial charge on any atom is 0.315 e. The van der Waals surface area contributed by atoms with Crippen molar-refractivity contribution in [3.8, 4) is 0 Å². The van der Waals surface area contributed by atoms with Gasteiger partial charge in [-0.25, -0.2) is 12.8 Å². The van der Waals surface area contributed by atoms with Crippen molar-refractivity contribution in [2.75, 3.05) is 39.1 Å². The van der Waals surface area contributed by atoms with Crippen LogP contribution in [0, 0.1) is 56.7 Å². The fraction of sp³-hybridized carbons (Fsp3) is 0.750. The minimum atomic E-state index is -2.96. The SMILES string of the molecule is C=C(C)[C@@H]1CC[C@]2(NCCN3CCC(S(C)(=O)=O)CC3)CC[C@]3(C)[C@H](CCC4[C@@]5(C)CC=C(C6=CC[C@@](CF)(C(=O)OCc7ccccc7)CC6)C(C)(C)C5CC[C@]43C)[C@@H]12. The molecule has 2 unspecified atom stereocenters. The number of benzene rings is 1. The van der Waals surface area contributed by atoms with E-state index in [1.165, 1.54) is 74.3 Å². The van der Waals surface area contributed by atoms with E-state index < -0.39 is 27.9 Å².